The number of aromatic amines is 1. The molecule has 0 aliphatic heterocycles. The molecule has 31 heavy (non-hydrogen) atoms. The highest BCUT2D eigenvalue weighted by atomic mass is 16.5. The van der Waals surface area contributed by atoms with Gasteiger partial charge in [0.05, 0.1) is 7.11 Å². The van der Waals surface area contributed by atoms with Gasteiger partial charge in [0.1, 0.15) is 11.3 Å². The van der Waals surface area contributed by atoms with Crippen LogP contribution in [0.3, 0.4) is 0 Å². The lowest BCUT2D eigenvalue weighted by Crippen LogP contribution is -2.29. The molecule has 0 fully saturated rings. The number of aryl methyl sites for hydroxylation is 2. The molecule has 1 amide bonds. The number of rotatable bonds is 4. The van der Waals surface area contributed by atoms with E-state index in [1.807, 2.05) is 50.2 Å². The number of H-pyrrole nitrogens is 1. The van der Waals surface area contributed by atoms with Crippen molar-refractivity contribution in [1.82, 2.24) is 4.98 Å². The van der Waals surface area contributed by atoms with E-state index in [2.05, 4.69) is 10.3 Å². The van der Waals surface area contributed by atoms with Gasteiger partial charge >= 0.3 is 0 Å². The van der Waals surface area contributed by atoms with Crippen molar-refractivity contribution < 1.29 is 14.3 Å². The number of methoxy groups -OCH3 is 1. The summed E-state index contributed by atoms with van der Waals surface area (Å²) in [5.41, 5.74) is 4.20. The van der Waals surface area contributed by atoms with Crippen LogP contribution >= 0.6 is 0 Å². The van der Waals surface area contributed by atoms with Crippen LogP contribution in [0, 0.1) is 13.8 Å². The van der Waals surface area contributed by atoms with Gasteiger partial charge in [0.15, 0.2) is 5.78 Å². The fourth-order valence-electron chi connectivity index (χ4n) is 3.93. The van der Waals surface area contributed by atoms with Gasteiger partial charge in [-0.3, -0.25) is 14.4 Å². The van der Waals surface area contributed by atoms with Crippen LogP contribution in [-0.2, 0) is 6.42 Å². The van der Waals surface area contributed by atoms with E-state index in [0.717, 1.165) is 22.4 Å². The molecule has 6 heteroatoms. The van der Waals surface area contributed by atoms with Crippen LogP contribution in [0.1, 0.15) is 55.4 Å². The van der Waals surface area contributed by atoms with Crippen LogP contribution in [0.25, 0.3) is 0 Å². The Bertz CT molecular complexity index is 1230. The van der Waals surface area contributed by atoms with Crippen LogP contribution in [0.5, 0.6) is 5.75 Å². The molecule has 1 heterocycles. The number of ketones is 1. The number of fused-ring (bicyclic) bond motifs is 1. The van der Waals surface area contributed by atoms with Crippen molar-refractivity contribution in [3.8, 4) is 5.75 Å². The zero-order chi connectivity index (χ0) is 22.1. The molecule has 2 aromatic carbocycles. The number of anilines is 1. The van der Waals surface area contributed by atoms with E-state index in [0.29, 0.717) is 29.8 Å². The highest BCUT2D eigenvalue weighted by molar-refractivity contribution is 6.06. The van der Waals surface area contributed by atoms with Crippen molar-refractivity contribution in [1.29, 1.82) is 0 Å². The Hall–Kier alpha value is -3.67. The summed E-state index contributed by atoms with van der Waals surface area (Å²) in [6, 6.07) is 14.6. The van der Waals surface area contributed by atoms with Crippen LogP contribution in [0.2, 0.25) is 0 Å². The number of ether oxygens (including phenoxy) is 1. The number of Topliss-reactive ketones (excluding diaryl/α,β-unsaturated/α-hetero) is 1. The van der Waals surface area contributed by atoms with E-state index >= 15 is 0 Å². The summed E-state index contributed by atoms with van der Waals surface area (Å²) >= 11 is 0. The van der Waals surface area contributed by atoms with Gasteiger partial charge in [-0.2, -0.15) is 0 Å². The Morgan fingerprint density at radius 2 is 1.74 bits per heavy atom. The molecule has 1 aliphatic rings. The lowest BCUT2D eigenvalue weighted by molar-refractivity contribution is 0.0963. The molecule has 3 aromatic rings. The normalized spacial score (nSPS) is 15.3. The first-order chi connectivity index (χ1) is 14.9. The number of carbonyl (C=O) groups excluding carboxylic acids is 2. The third-order valence-corrected chi connectivity index (χ3v) is 5.90. The number of benzene rings is 2. The zero-order valence-corrected chi connectivity index (χ0v) is 17.7. The minimum atomic E-state index is -0.530. The average Bonchev–Trinajstić information content (AvgIpc) is 2.75. The van der Waals surface area contributed by atoms with Gasteiger partial charge in [0.2, 0.25) is 0 Å². The predicted molar refractivity (Wildman–Crippen MR) is 119 cm³/mol. The van der Waals surface area contributed by atoms with E-state index in [1.54, 1.807) is 13.2 Å². The molecular formula is C25H24N2O4. The molecule has 4 rings (SSSR count). The molecule has 158 valence electrons. The van der Waals surface area contributed by atoms with E-state index in [4.69, 9.17) is 4.74 Å². The molecule has 1 aromatic heterocycles. The van der Waals surface area contributed by atoms with Crippen molar-refractivity contribution in [3.63, 3.8) is 0 Å². The molecule has 0 unspecified atom stereocenters. The second kappa shape index (κ2) is 8.22. The average molecular weight is 416 g/mol. The molecule has 6 nitrogen and oxygen atoms in total. The van der Waals surface area contributed by atoms with Gasteiger partial charge < -0.3 is 15.0 Å². The topological polar surface area (TPSA) is 88.3 Å². The predicted octanol–water partition coefficient (Wildman–Crippen LogP) is 4.17. The van der Waals surface area contributed by atoms with Crippen molar-refractivity contribution in [2.24, 2.45) is 0 Å². The number of nitrogens with one attached hydrogen (secondary N) is 2. The molecule has 0 bridgehead atoms. The Morgan fingerprint density at radius 3 is 2.42 bits per heavy atom. The molecule has 0 radical (unpaired) electrons. The number of carbonyl (C=O) groups is 2. The minimum Gasteiger partial charge on any atom is -0.497 e. The quantitative estimate of drug-likeness (QED) is 0.668. The van der Waals surface area contributed by atoms with Crippen LogP contribution in [0.4, 0.5) is 5.69 Å². The number of aromatic nitrogens is 1. The van der Waals surface area contributed by atoms with Gasteiger partial charge in [0.25, 0.3) is 11.5 Å². The minimum absolute atomic E-state index is 0.0308. The Morgan fingerprint density at radius 1 is 1.00 bits per heavy atom. The van der Waals surface area contributed by atoms with Crippen molar-refractivity contribution >= 4 is 17.4 Å². The molecule has 1 atom stereocenters. The Labute approximate surface area is 180 Å². The Kier molecular flexibility index (Phi) is 5.46. The second-order valence-electron chi connectivity index (χ2n) is 7.96. The smallest absolute Gasteiger partial charge is 0.261 e. The van der Waals surface area contributed by atoms with Gasteiger partial charge in [-0.1, -0.05) is 18.2 Å². The lowest BCUT2D eigenvalue weighted by atomic mass is 9.81. The highest BCUT2D eigenvalue weighted by Crippen LogP contribution is 2.32. The van der Waals surface area contributed by atoms with E-state index < -0.39 is 11.5 Å². The maximum absolute atomic E-state index is 12.8. The van der Waals surface area contributed by atoms with Crippen molar-refractivity contribution in [3.05, 3.63) is 92.4 Å². The molecular weight excluding hydrogens is 392 g/mol. The van der Waals surface area contributed by atoms with Gasteiger partial charge in [-0.15, -0.1) is 0 Å². The van der Waals surface area contributed by atoms with Crippen LogP contribution in [0.15, 0.2) is 53.3 Å². The van der Waals surface area contributed by atoms with Gasteiger partial charge in [-0.25, -0.2) is 0 Å². The van der Waals surface area contributed by atoms with Crippen LogP contribution in [-0.4, -0.2) is 23.8 Å². The monoisotopic (exact) mass is 416 g/mol. The largest absolute Gasteiger partial charge is 0.497 e. The molecule has 1 aliphatic carbocycles. The lowest BCUT2D eigenvalue weighted by Gasteiger charge is -2.24. The summed E-state index contributed by atoms with van der Waals surface area (Å²) < 4.78 is 5.19. The first-order valence-electron chi connectivity index (χ1n) is 10.2. The maximum atomic E-state index is 12.8. The highest BCUT2D eigenvalue weighted by Gasteiger charge is 2.29. The van der Waals surface area contributed by atoms with E-state index in [9.17, 15) is 14.4 Å². The molecule has 2 N–H and O–H groups in total. The van der Waals surface area contributed by atoms with E-state index in [-0.39, 0.29) is 17.3 Å². The first-order valence-corrected chi connectivity index (χ1v) is 10.2. The second-order valence-corrected chi connectivity index (χ2v) is 7.96. The first kappa shape index (κ1) is 20.6. The molecule has 0 saturated carbocycles. The van der Waals surface area contributed by atoms with Crippen LogP contribution < -0.4 is 15.6 Å². The summed E-state index contributed by atoms with van der Waals surface area (Å²) in [7, 11) is 1.61. The summed E-state index contributed by atoms with van der Waals surface area (Å²) in [4.78, 5) is 41.0. The van der Waals surface area contributed by atoms with Crippen molar-refractivity contribution in [2.75, 3.05) is 12.4 Å². The van der Waals surface area contributed by atoms with E-state index in [1.165, 1.54) is 6.07 Å². The number of hydrogen-bond acceptors (Lipinski definition) is 4. The summed E-state index contributed by atoms with van der Waals surface area (Å²) in [6.45, 7) is 3.94. The molecule has 0 saturated heterocycles. The standard InChI is InChI=1S/C25H24N2O4/c1-14-4-7-18(10-15(14)2)26-24(29)21-13-20-22(27-25(21)30)11-17(12-23(20)28)16-5-8-19(31-3)9-6-16/h4-10,13,17H,11-12H2,1-3H3,(H,26,29)(H,27,30)/t17-/m1/s1. The fraction of sp³-hybridized carbons (Fsp3) is 0.240. The summed E-state index contributed by atoms with van der Waals surface area (Å²) in [5.74, 6) is 0.104. The third kappa shape index (κ3) is 4.14. The maximum Gasteiger partial charge on any atom is 0.261 e. The summed E-state index contributed by atoms with van der Waals surface area (Å²) in [5, 5.41) is 2.75. The summed E-state index contributed by atoms with van der Waals surface area (Å²) in [6.07, 6.45) is 0.852. The number of amides is 1. The third-order valence-electron chi connectivity index (χ3n) is 5.90. The SMILES string of the molecule is COc1ccc([C@H]2CC(=O)c3cc(C(=O)Nc4ccc(C)c(C)c4)c(=O)[nH]c3C2)cc1. The zero-order valence-electron chi connectivity index (χ0n) is 17.7. The molecule has 0 spiro atoms. The van der Waals surface area contributed by atoms with Crippen molar-refractivity contribution in [2.45, 2.75) is 32.6 Å². The Balaban J connectivity index is 1.59. The number of pyridine rings is 1. The van der Waals surface area contributed by atoms with Gasteiger partial charge in [0, 0.05) is 23.4 Å². The van der Waals surface area contributed by atoms with Gasteiger partial charge in [-0.05, 0) is 73.2 Å². The number of hydrogen-bond donors (Lipinski definition) is 2. The fourth-order valence-corrected chi connectivity index (χ4v) is 3.93.